The van der Waals surface area contributed by atoms with Crippen molar-refractivity contribution >= 4 is 51.1 Å². The number of amides is 3. The van der Waals surface area contributed by atoms with Crippen molar-refractivity contribution in [2.75, 3.05) is 31.7 Å². The standard InChI is InChI=1S/C15H24N2O5S2/c1-10(2)14(20)22-7-6-17-12(18)9-11(13(17)19)23-8-5-16-15(21)24(3)4/h10-11H,3,5-9H2,1-2,4H3,(H,16,21). The minimum atomic E-state index is -0.575. The van der Waals surface area contributed by atoms with Crippen LogP contribution in [0.15, 0.2) is 0 Å². The molecule has 0 saturated carbocycles. The van der Waals surface area contributed by atoms with Crippen LogP contribution in [0, 0.1) is 5.92 Å². The second-order valence-corrected chi connectivity index (χ2v) is 8.58. The van der Waals surface area contributed by atoms with Crippen molar-refractivity contribution in [3.63, 3.8) is 0 Å². The van der Waals surface area contributed by atoms with E-state index >= 15 is 0 Å². The van der Waals surface area contributed by atoms with E-state index in [4.69, 9.17) is 4.74 Å². The van der Waals surface area contributed by atoms with Gasteiger partial charge in [0, 0.05) is 18.7 Å². The Morgan fingerprint density at radius 1 is 1.46 bits per heavy atom. The Morgan fingerprint density at radius 3 is 2.71 bits per heavy atom. The Morgan fingerprint density at radius 2 is 2.12 bits per heavy atom. The molecule has 2 atom stereocenters. The van der Waals surface area contributed by atoms with E-state index < -0.39 is 15.7 Å². The number of carbonyl (C=O) groups excluding carboxylic acids is 4. The number of hydrogen-bond acceptors (Lipinski definition) is 6. The summed E-state index contributed by atoms with van der Waals surface area (Å²) in [5.74, 6) is 3.08. The van der Waals surface area contributed by atoms with Gasteiger partial charge in [0.15, 0.2) is 0 Å². The summed E-state index contributed by atoms with van der Waals surface area (Å²) in [5.41, 5.74) is 0. The van der Waals surface area contributed by atoms with Crippen LogP contribution in [-0.2, 0) is 19.1 Å². The maximum atomic E-state index is 12.2. The van der Waals surface area contributed by atoms with E-state index in [-0.39, 0.29) is 48.5 Å². The number of rotatable bonds is 8. The van der Waals surface area contributed by atoms with Crippen LogP contribution in [0.4, 0.5) is 4.79 Å². The first-order chi connectivity index (χ1) is 11.2. The second-order valence-electron chi connectivity index (χ2n) is 5.62. The Labute approximate surface area is 148 Å². The molecule has 7 nitrogen and oxygen atoms in total. The van der Waals surface area contributed by atoms with E-state index in [0.29, 0.717) is 12.3 Å². The highest BCUT2D eigenvalue weighted by Crippen LogP contribution is 2.24. The van der Waals surface area contributed by atoms with Gasteiger partial charge in [0.25, 0.3) is 5.24 Å². The molecule has 0 aliphatic carbocycles. The predicted molar refractivity (Wildman–Crippen MR) is 97.4 cm³/mol. The van der Waals surface area contributed by atoms with Gasteiger partial charge in [-0.25, -0.2) is 0 Å². The molecule has 1 aliphatic rings. The Balaban J connectivity index is 2.34. The number of esters is 1. The fraction of sp³-hybridized carbons (Fsp3) is 0.667. The highest BCUT2D eigenvalue weighted by molar-refractivity contribution is 8.26. The van der Waals surface area contributed by atoms with E-state index in [1.807, 2.05) is 0 Å². The van der Waals surface area contributed by atoms with E-state index in [2.05, 4.69) is 11.2 Å². The van der Waals surface area contributed by atoms with Gasteiger partial charge in [-0.2, -0.15) is 0 Å². The molecule has 1 rings (SSSR count). The van der Waals surface area contributed by atoms with Crippen molar-refractivity contribution in [3.05, 3.63) is 0 Å². The van der Waals surface area contributed by atoms with Crippen LogP contribution in [-0.4, -0.2) is 70.7 Å². The fourth-order valence-corrected chi connectivity index (χ4v) is 3.28. The molecule has 0 radical (unpaired) electrons. The lowest BCUT2D eigenvalue weighted by atomic mass is 10.2. The summed E-state index contributed by atoms with van der Waals surface area (Å²) in [4.78, 5) is 48.0. The predicted octanol–water partition coefficient (Wildman–Crippen LogP) is 1.09. The largest absolute Gasteiger partial charge is 0.464 e. The van der Waals surface area contributed by atoms with Gasteiger partial charge in [-0.15, -0.1) is 22.2 Å². The Kier molecular flexibility index (Phi) is 8.47. The van der Waals surface area contributed by atoms with Gasteiger partial charge < -0.3 is 10.1 Å². The van der Waals surface area contributed by atoms with E-state index in [9.17, 15) is 19.2 Å². The molecule has 0 aromatic heterocycles. The van der Waals surface area contributed by atoms with Gasteiger partial charge in [-0.05, 0) is 6.26 Å². The summed E-state index contributed by atoms with van der Waals surface area (Å²) in [7, 11) is -0.575. The quantitative estimate of drug-likeness (QED) is 0.295. The number of ether oxygens (including phenoxy) is 1. The molecule has 24 heavy (non-hydrogen) atoms. The number of imide groups is 1. The van der Waals surface area contributed by atoms with Crippen molar-refractivity contribution in [2.45, 2.75) is 25.5 Å². The highest BCUT2D eigenvalue weighted by Gasteiger charge is 2.38. The number of thioether (sulfide) groups is 1. The molecule has 0 bridgehead atoms. The summed E-state index contributed by atoms with van der Waals surface area (Å²) in [6.45, 7) is 3.97. The zero-order valence-corrected chi connectivity index (χ0v) is 15.8. The van der Waals surface area contributed by atoms with Crippen molar-refractivity contribution < 1.29 is 23.9 Å². The number of likely N-dealkylation sites (tertiary alicyclic amines) is 1. The summed E-state index contributed by atoms with van der Waals surface area (Å²) >= 11 is 1.35. The summed E-state index contributed by atoms with van der Waals surface area (Å²) in [5, 5.41) is 2.18. The molecule has 136 valence electrons. The van der Waals surface area contributed by atoms with Gasteiger partial charge in [0.1, 0.15) is 6.61 Å². The maximum absolute atomic E-state index is 12.2. The van der Waals surface area contributed by atoms with Crippen LogP contribution >= 0.6 is 22.2 Å². The van der Waals surface area contributed by atoms with Gasteiger partial charge in [0.05, 0.1) is 17.7 Å². The van der Waals surface area contributed by atoms with Crippen molar-refractivity contribution in [1.29, 1.82) is 0 Å². The van der Waals surface area contributed by atoms with E-state index in [1.165, 1.54) is 11.8 Å². The zero-order chi connectivity index (χ0) is 18.3. The third kappa shape index (κ3) is 6.27. The molecule has 2 unspecified atom stereocenters. The summed E-state index contributed by atoms with van der Waals surface area (Å²) in [6, 6.07) is 0. The molecule has 3 amide bonds. The van der Waals surface area contributed by atoms with Crippen LogP contribution < -0.4 is 5.32 Å². The Hall–Kier alpha value is -1.35. The second kappa shape index (κ2) is 9.83. The fourth-order valence-electron chi connectivity index (χ4n) is 1.90. The van der Waals surface area contributed by atoms with Crippen LogP contribution in [0.25, 0.3) is 0 Å². The van der Waals surface area contributed by atoms with Crippen molar-refractivity contribution in [1.82, 2.24) is 10.2 Å². The van der Waals surface area contributed by atoms with Crippen LogP contribution in [0.2, 0.25) is 0 Å². The van der Waals surface area contributed by atoms with Crippen molar-refractivity contribution in [2.24, 2.45) is 5.92 Å². The number of nitrogens with zero attached hydrogens (tertiary/aromatic N) is 1. The van der Waals surface area contributed by atoms with Crippen LogP contribution in [0.5, 0.6) is 0 Å². The number of hydrogen-bond donors (Lipinski definition) is 1. The molecule has 9 heteroatoms. The normalized spacial score (nSPS) is 18.8. The summed E-state index contributed by atoms with van der Waals surface area (Å²) in [6.07, 6.45) is 1.87. The first-order valence-electron chi connectivity index (χ1n) is 7.60. The minimum absolute atomic E-state index is 0.0181. The lowest BCUT2D eigenvalue weighted by molar-refractivity contribution is -0.150. The topological polar surface area (TPSA) is 92.8 Å². The van der Waals surface area contributed by atoms with Gasteiger partial charge >= 0.3 is 5.97 Å². The number of nitrogens with one attached hydrogen (secondary N) is 1. The summed E-state index contributed by atoms with van der Waals surface area (Å²) < 4.78 is 5.00. The molecule has 1 saturated heterocycles. The average Bonchev–Trinajstić information content (AvgIpc) is 2.78. The molecule has 1 N–H and O–H groups in total. The third-order valence-electron chi connectivity index (χ3n) is 3.24. The van der Waals surface area contributed by atoms with Gasteiger partial charge in [-0.3, -0.25) is 24.1 Å². The van der Waals surface area contributed by atoms with Crippen LogP contribution in [0.1, 0.15) is 20.3 Å². The van der Waals surface area contributed by atoms with Gasteiger partial charge in [0.2, 0.25) is 11.8 Å². The van der Waals surface area contributed by atoms with Crippen molar-refractivity contribution in [3.8, 4) is 0 Å². The highest BCUT2D eigenvalue weighted by atomic mass is 32.2. The molecule has 0 aromatic carbocycles. The molecule has 1 heterocycles. The SMILES string of the molecule is C=S(C)C(=O)NCCSC1CC(=O)N(CCOC(=O)C(C)C)C1=O. The Bertz CT molecular complexity index is 536. The monoisotopic (exact) mass is 376 g/mol. The zero-order valence-electron chi connectivity index (χ0n) is 14.2. The first-order valence-corrected chi connectivity index (χ1v) is 10.4. The average molecular weight is 377 g/mol. The van der Waals surface area contributed by atoms with Gasteiger partial charge in [-0.1, -0.05) is 19.7 Å². The number of carbonyl (C=O) groups is 4. The lowest BCUT2D eigenvalue weighted by Gasteiger charge is -2.15. The molecule has 0 spiro atoms. The molecule has 0 aromatic rings. The maximum Gasteiger partial charge on any atom is 0.308 e. The molecule has 1 aliphatic heterocycles. The molecular weight excluding hydrogens is 352 g/mol. The third-order valence-corrected chi connectivity index (χ3v) is 5.23. The molecular formula is C15H24N2O5S2. The minimum Gasteiger partial charge on any atom is -0.464 e. The smallest absolute Gasteiger partial charge is 0.308 e. The lowest BCUT2D eigenvalue weighted by Crippen LogP contribution is -2.35. The first kappa shape index (κ1) is 20.7. The van der Waals surface area contributed by atoms with E-state index in [0.717, 1.165) is 4.90 Å². The van der Waals surface area contributed by atoms with Crippen LogP contribution in [0.3, 0.4) is 0 Å². The van der Waals surface area contributed by atoms with E-state index in [1.54, 1.807) is 20.1 Å². The molecule has 1 fully saturated rings.